The van der Waals surface area contributed by atoms with Crippen LogP contribution in [0.2, 0.25) is 0 Å². The molecule has 0 unspecified atom stereocenters. The van der Waals surface area contributed by atoms with E-state index in [0.717, 1.165) is 16.9 Å². The monoisotopic (exact) mass is 170 g/mol. The molecular formula is C9H11FS. The highest BCUT2D eigenvalue weighted by molar-refractivity contribution is 7.98. The van der Waals surface area contributed by atoms with Gasteiger partial charge in [0.15, 0.2) is 0 Å². The maximum Gasteiger partial charge on any atom is 0.137 e. The molecular weight excluding hydrogens is 159 g/mol. The van der Waals surface area contributed by atoms with Gasteiger partial charge in [0.05, 0.1) is 0 Å². The van der Waals surface area contributed by atoms with E-state index in [-0.39, 0.29) is 5.82 Å². The van der Waals surface area contributed by atoms with Gasteiger partial charge in [0, 0.05) is 4.90 Å². The summed E-state index contributed by atoms with van der Waals surface area (Å²) in [6.07, 6.45) is 2.80. The van der Waals surface area contributed by atoms with Gasteiger partial charge < -0.3 is 0 Å². The average Bonchev–Trinajstić information content (AvgIpc) is 2.04. The van der Waals surface area contributed by atoms with Crippen LogP contribution in [0.1, 0.15) is 12.5 Å². The molecule has 0 atom stereocenters. The molecule has 0 radical (unpaired) electrons. The largest absolute Gasteiger partial charge is 0.206 e. The van der Waals surface area contributed by atoms with E-state index >= 15 is 0 Å². The van der Waals surface area contributed by atoms with Crippen LogP contribution in [0.5, 0.6) is 0 Å². The van der Waals surface area contributed by atoms with Gasteiger partial charge in [-0.15, -0.1) is 11.8 Å². The SMILES string of the molecule is CCc1cccc(F)c1SC. The van der Waals surface area contributed by atoms with Gasteiger partial charge in [0.1, 0.15) is 5.82 Å². The topological polar surface area (TPSA) is 0 Å². The zero-order chi connectivity index (χ0) is 8.27. The highest BCUT2D eigenvalue weighted by atomic mass is 32.2. The van der Waals surface area contributed by atoms with Gasteiger partial charge in [-0.3, -0.25) is 0 Å². The lowest BCUT2D eigenvalue weighted by Crippen LogP contribution is -1.88. The zero-order valence-electron chi connectivity index (χ0n) is 6.73. The van der Waals surface area contributed by atoms with Crippen molar-refractivity contribution in [2.24, 2.45) is 0 Å². The van der Waals surface area contributed by atoms with E-state index in [1.807, 2.05) is 19.2 Å². The van der Waals surface area contributed by atoms with E-state index in [2.05, 4.69) is 0 Å². The lowest BCUT2D eigenvalue weighted by atomic mass is 10.2. The Morgan fingerprint density at radius 1 is 1.45 bits per heavy atom. The quantitative estimate of drug-likeness (QED) is 0.614. The summed E-state index contributed by atoms with van der Waals surface area (Å²) in [5.41, 5.74) is 1.09. The van der Waals surface area contributed by atoms with Crippen molar-refractivity contribution >= 4 is 11.8 Å². The van der Waals surface area contributed by atoms with Gasteiger partial charge >= 0.3 is 0 Å². The van der Waals surface area contributed by atoms with Crippen LogP contribution in [0, 0.1) is 5.82 Å². The second kappa shape index (κ2) is 3.77. The normalized spacial score (nSPS) is 10.1. The second-order valence-corrected chi connectivity index (χ2v) is 3.10. The molecule has 0 fully saturated rings. The van der Waals surface area contributed by atoms with Crippen molar-refractivity contribution in [2.75, 3.05) is 6.26 Å². The highest BCUT2D eigenvalue weighted by Gasteiger charge is 2.03. The lowest BCUT2D eigenvalue weighted by molar-refractivity contribution is 0.598. The van der Waals surface area contributed by atoms with Crippen LogP contribution in [-0.4, -0.2) is 6.26 Å². The van der Waals surface area contributed by atoms with Crippen molar-refractivity contribution in [1.82, 2.24) is 0 Å². The van der Waals surface area contributed by atoms with Crippen molar-refractivity contribution in [2.45, 2.75) is 18.2 Å². The number of benzene rings is 1. The fraction of sp³-hybridized carbons (Fsp3) is 0.333. The van der Waals surface area contributed by atoms with Gasteiger partial charge in [-0.05, 0) is 24.3 Å². The van der Waals surface area contributed by atoms with E-state index in [9.17, 15) is 4.39 Å². The molecule has 0 aliphatic carbocycles. The molecule has 0 amide bonds. The minimum atomic E-state index is -0.100. The van der Waals surface area contributed by atoms with E-state index in [0.29, 0.717) is 0 Å². The molecule has 0 heterocycles. The number of thioether (sulfide) groups is 1. The first-order valence-corrected chi connectivity index (χ1v) is 4.83. The number of hydrogen-bond donors (Lipinski definition) is 0. The predicted octanol–water partition coefficient (Wildman–Crippen LogP) is 3.11. The standard InChI is InChI=1S/C9H11FS/c1-3-7-5-4-6-8(10)9(7)11-2/h4-6H,3H2,1-2H3. The molecule has 0 saturated heterocycles. The summed E-state index contributed by atoms with van der Waals surface area (Å²) in [5, 5.41) is 0. The maximum atomic E-state index is 13.0. The Labute approximate surface area is 70.8 Å². The highest BCUT2D eigenvalue weighted by Crippen LogP contribution is 2.23. The third-order valence-electron chi connectivity index (χ3n) is 1.63. The zero-order valence-corrected chi connectivity index (χ0v) is 7.54. The Bertz CT molecular complexity index is 245. The molecule has 11 heavy (non-hydrogen) atoms. The Hall–Kier alpha value is -0.500. The molecule has 60 valence electrons. The van der Waals surface area contributed by atoms with Crippen LogP contribution in [0.15, 0.2) is 23.1 Å². The lowest BCUT2D eigenvalue weighted by Gasteiger charge is -2.04. The van der Waals surface area contributed by atoms with Crippen molar-refractivity contribution in [1.29, 1.82) is 0 Å². The van der Waals surface area contributed by atoms with E-state index in [4.69, 9.17) is 0 Å². The molecule has 1 rings (SSSR count). The first-order valence-electron chi connectivity index (χ1n) is 3.61. The minimum absolute atomic E-state index is 0.100. The van der Waals surface area contributed by atoms with E-state index in [1.54, 1.807) is 6.07 Å². The van der Waals surface area contributed by atoms with Crippen LogP contribution in [0.4, 0.5) is 4.39 Å². The Balaban J connectivity index is 3.13. The molecule has 0 aliphatic heterocycles. The summed E-state index contributed by atoms with van der Waals surface area (Å²) in [6.45, 7) is 2.04. The Morgan fingerprint density at radius 2 is 2.18 bits per heavy atom. The number of hydrogen-bond acceptors (Lipinski definition) is 1. The molecule has 0 aromatic heterocycles. The maximum absolute atomic E-state index is 13.0. The van der Waals surface area contributed by atoms with Crippen LogP contribution < -0.4 is 0 Å². The Kier molecular flexibility index (Phi) is 2.94. The van der Waals surface area contributed by atoms with E-state index < -0.39 is 0 Å². The van der Waals surface area contributed by atoms with Gasteiger partial charge in [0.2, 0.25) is 0 Å². The van der Waals surface area contributed by atoms with E-state index in [1.165, 1.54) is 17.8 Å². The van der Waals surface area contributed by atoms with Gasteiger partial charge in [-0.1, -0.05) is 19.1 Å². The molecule has 0 spiro atoms. The molecule has 2 heteroatoms. The summed E-state index contributed by atoms with van der Waals surface area (Å²) in [7, 11) is 0. The molecule has 0 bridgehead atoms. The molecule has 1 aromatic carbocycles. The molecule has 0 N–H and O–H groups in total. The van der Waals surface area contributed by atoms with Crippen molar-refractivity contribution in [3.63, 3.8) is 0 Å². The second-order valence-electron chi connectivity index (χ2n) is 2.29. The summed E-state index contributed by atoms with van der Waals surface area (Å²) in [6, 6.07) is 5.23. The van der Waals surface area contributed by atoms with Gasteiger partial charge in [0.25, 0.3) is 0 Å². The molecule has 1 aromatic rings. The summed E-state index contributed by atoms with van der Waals surface area (Å²) >= 11 is 1.47. The van der Waals surface area contributed by atoms with Crippen LogP contribution >= 0.6 is 11.8 Å². The average molecular weight is 170 g/mol. The summed E-state index contributed by atoms with van der Waals surface area (Å²) < 4.78 is 13.0. The smallest absolute Gasteiger partial charge is 0.137 e. The Morgan fingerprint density at radius 3 is 2.64 bits per heavy atom. The fourth-order valence-corrected chi connectivity index (χ4v) is 1.80. The minimum Gasteiger partial charge on any atom is -0.206 e. The third-order valence-corrected chi connectivity index (χ3v) is 2.50. The van der Waals surface area contributed by atoms with Gasteiger partial charge in [-0.2, -0.15) is 0 Å². The number of aryl methyl sites for hydroxylation is 1. The number of halogens is 1. The van der Waals surface area contributed by atoms with Crippen molar-refractivity contribution in [3.05, 3.63) is 29.6 Å². The van der Waals surface area contributed by atoms with Crippen LogP contribution in [0.25, 0.3) is 0 Å². The van der Waals surface area contributed by atoms with Crippen LogP contribution in [-0.2, 0) is 6.42 Å². The van der Waals surface area contributed by atoms with Gasteiger partial charge in [-0.25, -0.2) is 4.39 Å². The van der Waals surface area contributed by atoms with Crippen molar-refractivity contribution in [3.8, 4) is 0 Å². The first-order chi connectivity index (χ1) is 5.29. The molecule has 0 saturated carbocycles. The van der Waals surface area contributed by atoms with Crippen LogP contribution in [0.3, 0.4) is 0 Å². The van der Waals surface area contributed by atoms with Crippen molar-refractivity contribution < 1.29 is 4.39 Å². The number of rotatable bonds is 2. The predicted molar refractivity (Wildman–Crippen MR) is 47.6 cm³/mol. The summed E-state index contributed by atoms with van der Waals surface area (Å²) in [5.74, 6) is -0.100. The summed E-state index contributed by atoms with van der Waals surface area (Å²) in [4.78, 5) is 0.787. The third kappa shape index (κ3) is 1.74. The molecule has 0 aliphatic rings. The molecule has 0 nitrogen and oxygen atoms in total. The first kappa shape index (κ1) is 8.60. The fourth-order valence-electron chi connectivity index (χ4n) is 1.06.